The maximum Gasteiger partial charge on any atom is 0.249 e. The zero-order valence-electron chi connectivity index (χ0n) is 20.0. The normalized spacial score (nSPS) is 27.0. The summed E-state index contributed by atoms with van der Waals surface area (Å²) in [5, 5.41) is 16.2. The minimum Gasteiger partial charge on any atom is -0.343 e. The largest absolute Gasteiger partial charge is 0.343 e. The van der Waals surface area contributed by atoms with Gasteiger partial charge < -0.3 is 5.32 Å². The van der Waals surface area contributed by atoms with E-state index in [0.29, 0.717) is 39.3 Å². The van der Waals surface area contributed by atoms with Gasteiger partial charge in [0.15, 0.2) is 0 Å². The van der Waals surface area contributed by atoms with Gasteiger partial charge in [-0.1, -0.05) is 65.4 Å². The molecule has 1 atom stereocenters. The van der Waals surface area contributed by atoms with Gasteiger partial charge in [-0.25, -0.2) is 0 Å². The fraction of sp³-hybridized carbons (Fsp3) is 0.429. The van der Waals surface area contributed by atoms with Crippen molar-refractivity contribution < 1.29 is 9.59 Å². The van der Waals surface area contributed by atoms with E-state index in [9.17, 15) is 9.59 Å². The molecule has 1 aromatic heterocycles. The number of nitrogens with zero attached hydrogens (tertiary/aromatic N) is 2. The van der Waals surface area contributed by atoms with Crippen LogP contribution in [-0.2, 0) is 16.0 Å². The summed E-state index contributed by atoms with van der Waals surface area (Å²) in [6.07, 6.45) is 7.13. The molecule has 4 bridgehead atoms. The van der Waals surface area contributed by atoms with Crippen LogP contribution in [0.5, 0.6) is 0 Å². The van der Waals surface area contributed by atoms with Crippen molar-refractivity contribution in [2.75, 3.05) is 5.32 Å². The highest BCUT2D eigenvalue weighted by Crippen LogP contribution is 2.60. The number of carbonyl (C=O) groups excluding carboxylic acids is 2. The van der Waals surface area contributed by atoms with Crippen LogP contribution in [0.4, 0.5) is 5.13 Å². The number of aromatic nitrogens is 2. The summed E-state index contributed by atoms with van der Waals surface area (Å²) in [5.74, 6) is 1.77. The molecule has 7 rings (SSSR count). The summed E-state index contributed by atoms with van der Waals surface area (Å²) in [7, 11) is 0. The molecule has 0 spiro atoms. The van der Waals surface area contributed by atoms with Crippen molar-refractivity contribution in [3.8, 4) is 10.6 Å². The third-order valence-electron chi connectivity index (χ3n) is 8.17. The molecule has 4 fully saturated rings. The Morgan fingerprint density at radius 1 is 0.944 bits per heavy atom. The molecule has 0 unspecified atom stereocenters. The summed E-state index contributed by atoms with van der Waals surface area (Å²) in [4.78, 5) is 27.2. The molecule has 3 aromatic rings. The molecule has 4 aliphatic rings. The number of hydrogen-bond acceptors (Lipinski definition) is 5. The minimum atomic E-state index is -0.684. The lowest BCUT2D eigenvalue weighted by Gasteiger charge is -2.55. The lowest BCUT2D eigenvalue weighted by molar-refractivity contribution is -0.148. The van der Waals surface area contributed by atoms with Crippen LogP contribution < -0.4 is 10.6 Å². The van der Waals surface area contributed by atoms with E-state index in [4.69, 9.17) is 11.6 Å². The Bertz CT molecular complexity index is 1220. The molecular weight excluding hydrogens is 492 g/mol. The van der Waals surface area contributed by atoms with Crippen molar-refractivity contribution in [2.24, 2.45) is 23.2 Å². The van der Waals surface area contributed by atoms with Crippen LogP contribution in [0.2, 0.25) is 5.02 Å². The van der Waals surface area contributed by atoms with Gasteiger partial charge in [-0.3, -0.25) is 14.9 Å². The number of carbonyl (C=O) groups is 2. The van der Waals surface area contributed by atoms with Gasteiger partial charge >= 0.3 is 0 Å². The van der Waals surface area contributed by atoms with Crippen molar-refractivity contribution in [1.29, 1.82) is 0 Å². The first-order chi connectivity index (χ1) is 17.5. The standard InChI is InChI=1S/C28H29ClN4O2S/c29-22-8-6-21(7-9-22)25-32-33-27(36-25)31-24(34)23(13-17-4-2-1-3-5-17)30-26(35)28-14-18-10-19(15-28)12-20(11-18)16-28/h1-9,18-20,23H,10-16H2,(H,30,35)(H,31,33,34)/t18?,19?,20?,23-,28?/m1/s1. The number of hydrogen-bond donors (Lipinski definition) is 2. The molecule has 2 N–H and O–H groups in total. The Morgan fingerprint density at radius 3 is 2.22 bits per heavy atom. The van der Waals surface area contributed by atoms with E-state index in [1.54, 1.807) is 12.1 Å². The van der Waals surface area contributed by atoms with Crippen LogP contribution in [0.1, 0.15) is 44.1 Å². The number of halogens is 1. The molecule has 0 aliphatic heterocycles. The van der Waals surface area contributed by atoms with E-state index in [2.05, 4.69) is 20.8 Å². The monoisotopic (exact) mass is 520 g/mol. The molecule has 36 heavy (non-hydrogen) atoms. The van der Waals surface area contributed by atoms with Crippen molar-refractivity contribution in [3.05, 3.63) is 65.2 Å². The Hall–Kier alpha value is -2.77. The van der Waals surface area contributed by atoms with Crippen molar-refractivity contribution in [2.45, 2.75) is 51.0 Å². The number of rotatable bonds is 7. The first-order valence-corrected chi connectivity index (χ1v) is 13.9. The van der Waals surface area contributed by atoms with Crippen LogP contribution >= 0.6 is 22.9 Å². The highest BCUT2D eigenvalue weighted by Gasteiger charge is 2.55. The van der Waals surface area contributed by atoms with Gasteiger partial charge in [0.1, 0.15) is 11.0 Å². The van der Waals surface area contributed by atoms with E-state index in [0.717, 1.165) is 30.4 Å². The van der Waals surface area contributed by atoms with Crippen LogP contribution in [0, 0.1) is 23.2 Å². The molecule has 1 heterocycles. The van der Waals surface area contributed by atoms with Crippen LogP contribution in [0.15, 0.2) is 54.6 Å². The SMILES string of the molecule is O=C(Nc1nnc(-c2ccc(Cl)cc2)s1)[C@@H](Cc1ccccc1)NC(=O)C12CC3CC(CC(C3)C1)C2. The zero-order valence-corrected chi connectivity index (χ0v) is 21.5. The van der Waals surface area contributed by atoms with Crippen LogP contribution in [-0.4, -0.2) is 28.1 Å². The molecule has 0 radical (unpaired) electrons. The van der Waals surface area contributed by atoms with E-state index in [1.165, 1.54) is 30.6 Å². The molecule has 8 heteroatoms. The van der Waals surface area contributed by atoms with E-state index in [-0.39, 0.29) is 17.2 Å². The Kier molecular flexibility index (Phi) is 6.30. The number of amides is 2. The molecule has 0 saturated heterocycles. The summed E-state index contributed by atoms with van der Waals surface area (Å²) in [5.41, 5.74) is 1.57. The van der Waals surface area contributed by atoms with Gasteiger partial charge in [-0.2, -0.15) is 0 Å². The number of benzene rings is 2. The average Bonchev–Trinajstić information content (AvgIpc) is 3.32. The lowest BCUT2D eigenvalue weighted by atomic mass is 9.49. The molecule has 6 nitrogen and oxygen atoms in total. The fourth-order valence-electron chi connectivity index (χ4n) is 6.93. The van der Waals surface area contributed by atoms with Crippen molar-refractivity contribution in [3.63, 3.8) is 0 Å². The second kappa shape index (κ2) is 9.60. The van der Waals surface area contributed by atoms with E-state index in [1.807, 2.05) is 42.5 Å². The van der Waals surface area contributed by atoms with Gasteiger partial charge in [-0.15, -0.1) is 10.2 Å². The van der Waals surface area contributed by atoms with E-state index >= 15 is 0 Å². The predicted molar refractivity (Wildman–Crippen MR) is 142 cm³/mol. The molecule has 186 valence electrons. The third-order valence-corrected chi connectivity index (χ3v) is 9.31. The lowest BCUT2D eigenvalue weighted by Crippen LogP contribution is -2.57. The third kappa shape index (κ3) is 4.78. The quantitative estimate of drug-likeness (QED) is 0.416. The van der Waals surface area contributed by atoms with Gasteiger partial charge in [0.05, 0.1) is 0 Å². The first kappa shape index (κ1) is 23.6. The molecule has 4 saturated carbocycles. The Balaban J connectivity index is 1.20. The highest BCUT2D eigenvalue weighted by atomic mass is 35.5. The summed E-state index contributed by atoms with van der Waals surface area (Å²) >= 11 is 7.29. The maximum atomic E-state index is 13.7. The molecule has 2 aromatic carbocycles. The second-order valence-corrected chi connectivity index (χ2v) is 12.2. The van der Waals surface area contributed by atoms with Crippen LogP contribution in [0.3, 0.4) is 0 Å². The molecule has 2 amide bonds. The minimum absolute atomic E-state index is 0.0526. The van der Waals surface area contributed by atoms with Gasteiger partial charge in [-0.05, 0) is 74.0 Å². The Morgan fingerprint density at radius 2 is 1.58 bits per heavy atom. The van der Waals surface area contributed by atoms with Crippen molar-refractivity contribution in [1.82, 2.24) is 15.5 Å². The average molecular weight is 521 g/mol. The summed E-state index contributed by atoms with van der Waals surface area (Å²) in [6, 6.07) is 16.5. The summed E-state index contributed by atoms with van der Waals surface area (Å²) < 4.78 is 0. The Labute approximate surface area is 219 Å². The van der Waals surface area contributed by atoms with Gasteiger partial charge in [0.2, 0.25) is 16.9 Å². The number of anilines is 1. The molecule has 4 aliphatic carbocycles. The first-order valence-electron chi connectivity index (χ1n) is 12.7. The predicted octanol–water partition coefficient (Wildman–Crippen LogP) is 5.74. The van der Waals surface area contributed by atoms with Gasteiger partial charge in [0, 0.05) is 22.4 Å². The zero-order chi connectivity index (χ0) is 24.7. The maximum absolute atomic E-state index is 13.7. The topological polar surface area (TPSA) is 84.0 Å². The van der Waals surface area contributed by atoms with Crippen molar-refractivity contribution >= 4 is 39.9 Å². The summed E-state index contributed by atoms with van der Waals surface area (Å²) in [6.45, 7) is 0. The fourth-order valence-corrected chi connectivity index (χ4v) is 7.81. The smallest absolute Gasteiger partial charge is 0.249 e. The van der Waals surface area contributed by atoms with Crippen LogP contribution in [0.25, 0.3) is 10.6 Å². The number of nitrogens with one attached hydrogen (secondary N) is 2. The van der Waals surface area contributed by atoms with Gasteiger partial charge in [0.25, 0.3) is 0 Å². The molecular formula is C28H29ClN4O2S. The second-order valence-electron chi connectivity index (χ2n) is 10.8. The van der Waals surface area contributed by atoms with E-state index < -0.39 is 6.04 Å². The highest BCUT2D eigenvalue weighted by molar-refractivity contribution is 7.18.